The molecule has 1 aliphatic rings. The van der Waals surface area contributed by atoms with Gasteiger partial charge in [0.25, 0.3) is 0 Å². The molecule has 0 bridgehead atoms. The Labute approximate surface area is 194 Å². The van der Waals surface area contributed by atoms with E-state index in [1.165, 1.54) is 0 Å². The molecule has 2 heterocycles. The number of hydrogen-bond acceptors (Lipinski definition) is 7. The van der Waals surface area contributed by atoms with Gasteiger partial charge in [-0.3, -0.25) is 9.69 Å². The maximum atomic E-state index is 12.6. The molecule has 0 spiro atoms. The summed E-state index contributed by atoms with van der Waals surface area (Å²) in [5, 5.41) is 2.90. The van der Waals surface area contributed by atoms with Crippen molar-refractivity contribution in [3.8, 4) is 0 Å². The molecule has 1 N–H and O–H groups in total. The lowest BCUT2D eigenvalue weighted by molar-refractivity contribution is -0.121. The molecular weight excluding hydrogens is 446 g/mol. The molecule has 33 heavy (non-hydrogen) atoms. The lowest BCUT2D eigenvalue weighted by Gasteiger charge is -2.35. The molecule has 11 heteroatoms. The van der Waals surface area contributed by atoms with Crippen LogP contribution >= 0.6 is 0 Å². The van der Waals surface area contributed by atoms with Gasteiger partial charge in [0, 0.05) is 45.5 Å². The van der Waals surface area contributed by atoms with E-state index in [1.807, 2.05) is 39.0 Å². The zero-order valence-electron chi connectivity index (χ0n) is 19.7. The van der Waals surface area contributed by atoms with E-state index >= 15 is 0 Å². The first-order valence-electron chi connectivity index (χ1n) is 11.0. The first kappa shape index (κ1) is 25.0. The molecule has 2 aromatic rings. The minimum absolute atomic E-state index is 0.00219. The minimum atomic E-state index is -3.29. The van der Waals surface area contributed by atoms with Gasteiger partial charge in [0.2, 0.25) is 5.91 Å². The van der Waals surface area contributed by atoms with E-state index in [9.17, 15) is 18.0 Å². The van der Waals surface area contributed by atoms with Crippen molar-refractivity contribution in [2.75, 3.05) is 45.5 Å². The zero-order valence-corrected chi connectivity index (χ0v) is 20.5. The highest BCUT2D eigenvalue weighted by Gasteiger charge is 2.25. The van der Waals surface area contributed by atoms with E-state index in [-0.39, 0.29) is 24.3 Å². The lowest BCUT2D eigenvalue weighted by atomic mass is 10.2. The Bertz CT molecular complexity index is 1100. The molecule has 1 aromatic heterocycles. The zero-order chi connectivity index (χ0) is 24.2. The summed E-state index contributed by atoms with van der Waals surface area (Å²) in [6.45, 7) is 9.24. The average molecular weight is 480 g/mol. The Hall–Kier alpha value is -2.66. The fourth-order valence-corrected chi connectivity index (χ4v) is 4.37. The molecule has 0 saturated carbocycles. The Balaban J connectivity index is 1.49. The number of benzene rings is 1. The quantitative estimate of drug-likeness (QED) is 0.636. The fraction of sp³-hybridized carbons (Fsp3) is 0.591. The molecule has 3 rings (SSSR count). The number of aromatic nitrogens is 2. The number of nitrogens with zero attached hydrogens (tertiary/aromatic N) is 4. The third-order valence-corrected chi connectivity index (χ3v) is 5.98. The van der Waals surface area contributed by atoms with E-state index in [0.29, 0.717) is 50.6 Å². The highest BCUT2D eigenvalue weighted by atomic mass is 32.2. The van der Waals surface area contributed by atoms with Gasteiger partial charge in [0.15, 0.2) is 9.84 Å². The number of fused-ring (bicyclic) bond motifs is 1. The molecule has 1 fully saturated rings. The van der Waals surface area contributed by atoms with E-state index in [4.69, 9.17) is 4.74 Å². The summed E-state index contributed by atoms with van der Waals surface area (Å²) in [6, 6.07) is 7.28. The second-order valence-corrected chi connectivity index (χ2v) is 11.5. The predicted molar refractivity (Wildman–Crippen MR) is 126 cm³/mol. The van der Waals surface area contributed by atoms with E-state index in [0.717, 1.165) is 11.8 Å². The van der Waals surface area contributed by atoms with Gasteiger partial charge in [-0.15, -0.1) is 0 Å². The van der Waals surface area contributed by atoms with E-state index < -0.39 is 15.4 Å². The number of carbonyl (C=O) groups excluding carboxylic acids is 2. The summed E-state index contributed by atoms with van der Waals surface area (Å²) >= 11 is 0. The maximum absolute atomic E-state index is 12.6. The first-order chi connectivity index (χ1) is 15.4. The van der Waals surface area contributed by atoms with Crippen LogP contribution < -0.4 is 5.32 Å². The predicted octanol–water partition coefficient (Wildman–Crippen LogP) is 1.25. The highest BCUT2D eigenvalue weighted by Crippen LogP contribution is 2.17. The number of sulfone groups is 1. The summed E-state index contributed by atoms with van der Waals surface area (Å²) < 4.78 is 30.7. The molecule has 1 aliphatic heterocycles. The molecule has 182 valence electrons. The van der Waals surface area contributed by atoms with Crippen LogP contribution in [0.4, 0.5) is 4.79 Å². The minimum Gasteiger partial charge on any atom is -0.444 e. The van der Waals surface area contributed by atoms with Gasteiger partial charge in [-0.05, 0) is 32.9 Å². The normalized spacial score (nSPS) is 15.6. The molecule has 10 nitrogen and oxygen atoms in total. The number of para-hydroxylation sites is 2. The van der Waals surface area contributed by atoms with Crippen LogP contribution in [0.3, 0.4) is 0 Å². The average Bonchev–Trinajstić information content (AvgIpc) is 3.02. The van der Waals surface area contributed by atoms with Gasteiger partial charge in [0.1, 0.15) is 23.7 Å². The first-order valence-corrected chi connectivity index (χ1v) is 13.1. The van der Waals surface area contributed by atoms with Gasteiger partial charge in [0.05, 0.1) is 11.0 Å². The maximum Gasteiger partial charge on any atom is 0.410 e. The Morgan fingerprint density at radius 2 is 1.79 bits per heavy atom. The largest absolute Gasteiger partial charge is 0.444 e. The molecule has 0 radical (unpaired) electrons. The van der Waals surface area contributed by atoms with Gasteiger partial charge in [-0.25, -0.2) is 18.2 Å². The number of hydrogen-bond donors (Lipinski definition) is 1. The van der Waals surface area contributed by atoms with Gasteiger partial charge in [-0.1, -0.05) is 12.1 Å². The molecule has 0 aliphatic carbocycles. The monoisotopic (exact) mass is 479 g/mol. The molecule has 0 atom stereocenters. The number of rotatable bonds is 7. The molecular formula is C22H33N5O5S. The SMILES string of the molecule is CC(C)(C)OC(=O)N1CCN(CCNC(=O)Cn2c(CS(C)(=O)=O)nc3ccccc32)CC1. The number of carbonyl (C=O) groups is 2. The van der Waals surface area contributed by atoms with Crippen molar-refractivity contribution in [2.45, 2.75) is 38.7 Å². The summed E-state index contributed by atoms with van der Waals surface area (Å²) in [5.74, 6) is -0.0796. The van der Waals surface area contributed by atoms with Crippen LogP contribution in [0, 0.1) is 0 Å². The Morgan fingerprint density at radius 1 is 1.12 bits per heavy atom. The van der Waals surface area contributed by atoms with Crippen molar-refractivity contribution in [3.05, 3.63) is 30.1 Å². The number of amides is 2. The van der Waals surface area contributed by atoms with Crippen molar-refractivity contribution >= 4 is 32.9 Å². The topological polar surface area (TPSA) is 114 Å². The van der Waals surface area contributed by atoms with Crippen LogP contribution in [0.15, 0.2) is 24.3 Å². The van der Waals surface area contributed by atoms with Gasteiger partial charge < -0.3 is 19.5 Å². The van der Waals surface area contributed by atoms with Gasteiger partial charge >= 0.3 is 6.09 Å². The van der Waals surface area contributed by atoms with Crippen LogP contribution in [0.5, 0.6) is 0 Å². The third kappa shape index (κ3) is 7.43. The molecule has 1 saturated heterocycles. The molecule has 1 aromatic carbocycles. The fourth-order valence-electron chi connectivity index (χ4n) is 3.68. The third-order valence-electron chi connectivity index (χ3n) is 5.20. The summed E-state index contributed by atoms with van der Waals surface area (Å²) in [6.07, 6.45) is 0.854. The van der Waals surface area contributed by atoms with Crippen molar-refractivity contribution in [2.24, 2.45) is 0 Å². The summed E-state index contributed by atoms with van der Waals surface area (Å²) in [4.78, 5) is 33.0. The number of piperazine rings is 1. The Morgan fingerprint density at radius 3 is 2.42 bits per heavy atom. The van der Waals surface area contributed by atoms with Crippen molar-refractivity contribution in [1.29, 1.82) is 0 Å². The number of ether oxygens (including phenoxy) is 1. The molecule has 0 unspecified atom stereocenters. The van der Waals surface area contributed by atoms with E-state index in [1.54, 1.807) is 15.5 Å². The summed E-state index contributed by atoms with van der Waals surface area (Å²) in [5.41, 5.74) is 0.872. The number of imidazole rings is 1. The van der Waals surface area contributed by atoms with Crippen LogP contribution in [0.25, 0.3) is 11.0 Å². The standard InChI is InChI=1S/C22H33N5O5S/c1-22(2,3)32-21(29)26-13-11-25(12-14-26)10-9-23-20(28)15-27-18-8-6-5-7-17(18)24-19(27)16-33(4,30)31/h5-8H,9-16H2,1-4H3,(H,23,28). The lowest BCUT2D eigenvalue weighted by Crippen LogP contribution is -2.51. The smallest absolute Gasteiger partial charge is 0.410 e. The second-order valence-electron chi connectivity index (χ2n) is 9.33. The van der Waals surface area contributed by atoms with Crippen LogP contribution in [0.1, 0.15) is 26.6 Å². The Kier molecular flexibility index (Phi) is 7.63. The molecule has 2 amide bonds. The van der Waals surface area contributed by atoms with Crippen LogP contribution in [0.2, 0.25) is 0 Å². The number of nitrogens with one attached hydrogen (secondary N) is 1. The van der Waals surface area contributed by atoms with E-state index in [2.05, 4.69) is 15.2 Å². The van der Waals surface area contributed by atoms with Crippen molar-refractivity contribution < 1.29 is 22.7 Å². The van der Waals surface area contributed by atoms with Crippen LogP contribution in [-0.2, 0) is 31.7 Å². The van der Waals surface area contributed by atoms with Crippen LogP contribution in [-0.4, -0.2) is 90.9 Å². The van der Waals surface area contributed by atoms with Gasteiger partial charge in [-0.2, -0.15) is 0 Å². The second kappa shape index (κ2) is 10.1. The van der Waals surface area contributed by atoms with Crippen molar-refractivity contribution in [1.82, 2.24) is 24.7 Å². The highest BCUT2D eigenvalue weighted by molar-refractivity contribution is 7.89. The van der Waals surface area contributed by atoms with Crippen molar-refractivity contribution in [3.63, 3.8) is 0 Å². The summed E-state index contributed by atoms with van der Waals surface area (Å²) in [7, 11) is -3.29.